The van der Waals surface area contributed by atoms with Crippen molar-refractivity contribution >= 4 is 16.8 Å². The van der Waals surface area contributed by atoms with Crippen LogP contribution in [0.4, 0.5) is 0 Å². The Balaban J connectivity index is 1.71. The maximum absolute atomic E-state index is 12.6. The number of aryl methyl sites for hydroxylation is 2. The average Bonchev–Trinajstić information content (AvgIpc) is 2.66. The molecular formula is C22H25N3O2. The zero-order valence-corrected chi connectivity index (χ0v) is 16.0. The maximum atomic E-state index is 12.6. The van der Waals surface area contributed by atoms with Crippen LogP contribution in [0.2, 0.25) is 0 Å². The van der Waals surface area contributed by atoms with Crippen LogP contribution in [0.25, 0.3) is 10.9 Å². The number of nitrogens with one attached hydrogen (secondary N) is 1. The molecule has 0 fully saturated rings. The molecule has 0 radical (unpaired) electrons. The molecule has 2 aromatic carbocycles. The van der Waals surface area contributed by atoms with Crippen molar-refractivity contribution in [3.8, 4) is 0 Å². The first kappa shape index (κ1) is 18.8. The monoisotopic (exact) mass is 363 g/mol. The third-order valence-corrected chi connectivity index (χ3v) is 4.78. The molecule has 0 spiro atoms. The maximum Gasteiger partial charge on any atom is 0.261 e. The second kappa shape index (κ2) is 8.16. The van der Waals surface area contributed by atoms with Gasteiger partial charge in [-0.25, -0.2) is 4.98 Å². The molecule has 27 heavy (non-hydrogen) atoms. The van der Waals surface area contributed by atoms with Crippen LogP contribution in [0, 0.1) is 12.8 Å². The summed E-state index contributed by atoms with van der Waals surface area (Å²) < 4.78 is 1.51. The van der Waals surface area contributed by atoms with E-state index in [0.717, 1.165) is 11.1 Å². The van der Waals surface area contributed by atoms with Crippen LogP contribution in [-0.4, -0.2) is 15.5 Å². The average molecular weight is 363 g/mol. The van der Waals surface area contributed by atoms with E-state index in [0.29, 0.717) is 17.4 Å². The summed E-state index contributed by atoms with van der Waals surface area (Å²) in [5, 5.41) is 3.68. The van der Waals surface area contributed by atoms with Crippen molar-refractivity contribution in [2.24, 2.45) is 5.92 Å². The van der Waals surface area contributed by atoms with Crippen molar-refractivity contribution in [2.75, 3.05) is 0 Å². The van der Waals surface area contributed by atoms with Crippen molar-refractivity contribution in [1.29, 1.82) is 0 Å². The van der Waals surface area contributed by atoms with Gasteiger partial charge in [-0.1, -0.05) is 56.3 Å². The number of carbonyl (C=O) groups is 1. The van der Waals surface area contributed by atoms with Crippen molar-refractivity contribution in [2.45, 2.75) is 39.8 Å². The Morgan fingerprint density at radius 1 is 1.11 bits per heavy atom. The molecule has 0 aliphatic rings. The molecule has 0 saturated carbocycles. The predicted molar refractivity (Wildman–Crippen MR) is 108 cm³/mol. The van der Waals surface area contributed by atoms with E-state index in [1.165, 1.54) is 10.9 Å². The fourth-order valence-corrected chi connectivity index (χ4v) is 3.26. The number of para-hydroxylation sites is 1. The first-order chi connectivity index (χ1) is 13.0. The van der Waals surface area contributed by atoms with Gasteiger partial charge in [0, 0.05) is 13.0 Å². The lowest BCUT2D eigenvalue weighted by molar-refractivity contribution is -0.122. The summed E-state index contributed by atoms with van der Waals surface area (Å²) in [4.78, 5) is 29.5. The molecule has 0 saturated heterocycles. The molecule has 5 nitrogen and oxygen atoms in total. The van der Waals surface area contributed by atoms with Crippen LogP contribution in [-0.2, 0) is 11.3 Å². The lowest BCUT2D eigenvalue weighted by Crippen LogP contribution is -2.33. The number of amides is 1. The van der Waals surface area contributed by atoms with E-state index in [1.807, 2.05) is 49.4 Å². The van der Waals surface area contributed by atoms with Gasteiger partial charge in [-0.2, -0.15) is 0 Å². The minimum atomic E-state index is -0.111. The van der Waals surface area contributed by atoms with Crippen molar-refractivity contribution in [3.63, 3.8) is 0 Å². The zero-order chi connectivity index (χ0) is 19.4. The van der Waals surface area contributed by atoms with Crippen molar-refractivity contribution in [3.05, 3.63) is 76.3 Å². The van der Waals surface area contributed by atoms with Crippen LogP contribution in [0.15, 0.2) is 59.7 Å². The first-order valence-electron chi connectivity index (χ1n) is 9.26. The molecule has 1 aromatic heterocycles. The normalized spacial score (nSPS) is 12.3. The fraction of sp³-hybridized carbons (Fsp3) is 0.318. The van der Waals surface area contributed by atoms with E-state index < -0.39 is 0 Å². The number of benzene rings is 2. The number of aromatic nitrogens is 2. The SMILES string of the molecule is Cc1cccc2c(=O)n(CCC(=O)N[C@H](c3ccccc3)C(C)C)cnc12. The first-order valence-corrected chi connectivity index (χ1v) is 9.26. The van der Waals surface area contributed by atoms with E-state index in [2.05, 4.69) is 24.1 Å². The number of nitrogens with zero attached hydrogens (tertiary/aromatic N) is 2. The van der Waals surface area contributed by atoms with Crippen LogP contribution in [0.3, 0.4) is 0 Å². The van der Waals surface area contributed by atoms with E-state index in [4.69, 9.17) is 0 Å². The molecular weight excluding hydrogens is 338 g/mol. The van der Waals surface area contributed by atoms with Gasteiger partial charge < -0.3 is 5.32 Å². The summed E-state index contributed by atoms with van der Waals surface area (Å²) in [6.45, 7) is 6.40. The number of fused-ring (bicyclic) bond motifs is 1. The fourth-order valence-electron chi connectivity index (χ4n) is 3.26. The largest absolute Gasteiger partial charge is 0.349 e. The lowest BCUT2D eigenvalue weighted by Gasteiger charge is -2.23. The van der Waals surface area contributed by atoms with E-state index in [1.54, 1.807) is 6.07 Å². The highest BCUT2D eigenvalue weighted by atomic mass is 16.2. The van der Waals surface area contributed by atoms with Gasteiger partial charge in [0.05, 0.1) is 23.3 Å². The Morgan fingerprint density at radius 2 is 1.85 bits per heavy atom. The number of carbonyl (C=O) groups excluding carboxylic acids is 1. The molecule has 1 amide bonds. The Bertz CT molecular complexity index is 993. The van der Waals surface area contributed by atoms with E-state index >= 15 is 0 Å². The van der Waals surface area contributed by atoms with Gasteiger partial charge in [0.1, 0.15) is 0 Å². The standard InChI is InChI=1S/C22H25N3O2/c1-15(2)20(17-9-5-4-6-10-17)24-19(26)12-13-25-14-23-21-16(3)8-7-11-18(21)22(25)27/h4-11,14-15,20H,12-13H2,1-3H3,(H,24,26)/t20-/m0/s1. The number of rotatable bonds is 6. The van der Waals surface area contributed by atoms with Gasteiger partial charge in [0.25, 0.3) is 5.56 Å². The predicted octanol–water partition coefficient (Wildman–Crippen LogP) is 3.61. The topological polar surface area (TPSA) is 64.0 Å². The second-order valence-corrected chi connectivity index (χ2v) is 7.16. The van der Waals surface area contributed by atoms with Crippen LogP contribution in [0.1, 0.15) is 37.4 Å². The minimum Gasteiger partial charge on any atom is -0.349 e. The molecule has 1 atom stereocenters. The van der Waals surface area contributed by atoms with Crippen LogP contribution >= 0.6 is 0 Å². The van der Waals surface area contributed by atoms with E-state index in [9.17, 15) is 9.59 Å². The quantitative estimate of drug-likeness (QED) is 0.728. The highest BCUT2D eigenvalue weighted by molar-refractivity contribution is 5.80. The van der Waals surface area contributed by atoms with E-state index in [-0.39, 0.29) is 29.8 Å². The van der Waals surface area contributed by atoms with Gasteiger partial charge in [-0.15, -0.1) is 0 Å². The third kappa shape index (κ3) is 4.25. The number of hydrogen-bond acceptors (Lipinski definition) is 3. The van der Waals surface area contributed by atoms with Gasteiger partial charge >= 0.3 is 0 Å². The molecule has 0 unspecified atom stereocenters. The van der Waals surface area contributed by atoms with Crippen LogP contribution in [0.5, 0.6) is 0 Å². The summed E-state index contributed by atoms with van der Waals surface area (Å²) in [6, 6.07) is 15.5. The Hall–Kier alpha value is -2.95. The molecule has 0 bridgehead atoms. The summed E-state index contributed by atoms with van der Waals surface area (Å²) in [7, 11) is 0. The molecule has 1 heterocycles. The Kier molecular flexibility index (Phi) is 5.69. The lowest BCUT2D eigenvalue weighted by atomic mass is 9.96. The minimum absolute atomic E-state index is 0.0483. The Morgan fingerprint density at radius 3 is 2.56 bits per heavy atom. The summed E-state index contributed by atoms with van der Waals surface area (Å²) >= 11 is 0. The van der Waals surface area contributed by atoms with Crippen molar-refractivity contribution in [1.82, 2.24) is 14.9 Å². The molecule has 140 valence electrons. The van der Waals surface area contributed by atoms with Gasteiger partial charge in [-0.3, -0.25) is 14.2 Å². The second-order valence-electron chi connectivity index (χ2n) is 7.16. The Labute approximate surface area is 159 Å². The van der Waals surface area contributed by atoms with Crippen LogP contribution < -0.4 is 10.9 Å². The number of hydrogen-bond donors (Lipinski definition) is 1. The molecule has 1 N–H and O–H groups in total. The summed E-state index contributed by atoms with van der Waals surface area (Å²) in [5.74, 6) is 0.193. The van der Waals surface area contributed by atoms with Gasteiger partial charge in [-0.05, 0) is 30.0 Å². The summed E-state index contributed by atoms with van der Waals surface area (Å²) in [5.41, 5.74) is 2.66. The van der Waals surface area contributed by atoms with Gasteiger partial charge in [0.15, 0.2) is 0 Å². The highest BCUT2D eigenvalue weighted by Gasteiger charge is 2.18. The smallest absolute Gasteiger partial charge is 0.261 e. The molecule has 0 aliphatic carbocycles. The molecule has 3 aromatic rings. The molecule has 3 rings (SSSR count). The van der Waals surface area contributed by atoms with Gasteiger partial charge in [0.2, 0.25) is 5.91 Å². The zero-order valence-electron chi connectivity index (χ0n) is 16.0. The molecule has 5 heteroatoms. The summed E-state index contributed by atoms with van der Waals surface area (Å²) in [6.07, 6.45) is 1.76. The van der Waals surface area contributed by atoms with Crippen molar-refractivity contribution < 1.29 is 4.79 Å². The highest BCUT2D eigenvalue weighted by Crippen LogP contribution is 2.21. The molecule has 0 aliphatic heterocycles. The third-order valence-electron chi connectivity index (χ3n) is 4.78.